The third-order valence-corrected chi connectivity index (χ3v) is 2.75. The van der Waals surface area contributed by atoms with Gasteiger partial charge in [0.1, 0.15) is 6.04 Å². The van der Waals surface area contributed by atoms with Gasteiger partial charge in [0, 0.05) is 5.56 Å². The highest BCUT2D eigenvalue weighted by Gasteiger charge is 2.24. The summed E-state index contributed by atoms with van der Waals surface area (Å²) in [5.41, 5.74) is 3.85. The van der Waals surface area contributed by atoms with Crippen LogP contribution in [0.15, 0.2) is 24.3 Å². The smallest absolute Gasteiger partial charge is 0.266 e. The summed E-state index contributed by atoms with van der Waals surface area (Å²) in [5, 5.41) is 2.71. The molecule has 0 spiro atoms. The SMILES string of the molecule is CONC(=O)C(NC(=O)c1ccc(C)cc1)C(C)C. The highest BCUT2D eigenvalue weighted by Crippen LogP contribution is 2.06. The molecule has 1 atom stereocenters. The van der Waals surface area contributed by atoms with Crippen molar-refractivity contribution in [1.82, 2.24) is 10.8 Å². The molecular formula is C14H20N2O3. The highest BCUT2D eigenvalue weighted by atomic mass is 16.6. The minimum atomic E-state index is -0.631. The Balaban J connectivity index is 2.76. The van der Waals surface area contributed by atoms with Gasteiger partial charge in [-0.05, 0) is 25.0 Å². The van der Waals surface area contributed by atoms with Crippen molar-refractivity contribution in [2.45, 2.75) is 26.8 Å². The summed E-state index contributed by atoms with van der Waals surface area (Å²) in [5.74, 6) is -0.674. The minimum absolute atomic E-state index is 0.0375. The van der Waals surface area contributed by atoms with Gasteiger partial charge >= 0.3 is 0 Å². The lowest BCUT2D eigenvalue weighted by Gasteiger charge is -2.21. The summed E-state index contributed by atoms with van der Waals surface area (Å²) >= 11 is 0. The maximum atomic E-state index is 12.0. The second-order valence-electron chi connectivity index (χ2n) is 4.73. The van der Waals surface area contributed by atoms with Crippen molar-refractivity contribution in [2.24, 2.45) is 5.92 Å². The molecule has 0 saturated heterocycles. The third kappa shape index (κ3) is 4.37. The van der Waals surface area contributed by atoms with Crippen molar-refractivity contribution in [1.29, 1.82) is 0 Å². The number of rotatable bonds is 5. The van der Waals surface area contributed by atoms with Gasteiger partial charge in [0.25, 0.3) is 11.8 Å². The van der Waals surface area contributed by atoms with Gasteiger partial charge in [0.2, 0.25) is 0 Å². The van der Waals surface area contributed by atoms with Crippen LogP contribution in [0.5, 0.6) is 0 Å². The van der Waals surface area contributed by atoms with E-state index in [1.807, 2.05) is 32.9 Å². The molecule has 1 aromatic rings. The fourth-order valence-corrected chi connectivity index (χ4v) is 1.63. The van der Waals surface area contributed by atoms with Crippen LogP contribution in [0.3, 0.4) is 0 Å². The van der Waals surface area contributed by atoms with Crippen LogP contribution in [0.1, 0.15) is 29.8 Å². The number of benzene rings is 1. The van der Waals surface area contributed by atoms with Crippen molar-refractivity contribution in [2.75, 3.05) is 7.11 Å². The van der Waals surface area contributed by atoms with E-state index in [4.69, 9.17) is 0 Å². The van der Waals surface area contributed by atoms with Crippen LogP contribution in [0, 0.1) is 12.8 Å². The summed E-state index contributed by atoms with van der Waals surface area (Å²) in [4.78, 5) is 28.4. The Kier molecular flexibility index (Phi) is 5.51. The standard InChI is InChI=1S/C14H20N2O3/c1-9(2)12(14(18)16-19-4)15-13(17)11-7-5-10(3)6-8-11/h5-9,12H,1-4H3,(H,15,17)(H,16,18). The molecule has 0 heterocycles. The predicted molar refractivity (Wildman–Crippen MR) is 72.4 cm³/mol. The average Bonchev–Trinajstić information content (AvgIpc) is 2.36. The summed E-state index contributed by atoms with van der Waals surface area (Å²) in [6, 6.07) is 6.55. The largest absolute Gasteiger partial charge is 0.340 e. The highest BCUT2D eigenvalue weighted by molar-refractivity contribution is 5.97. The molecule has 0 aliphatic heterocycles. The molecule has 104 valence electrons. The van der Waals surface area contributed by atoms with Gasteiger partial charge in [-0.3, -0.25) is 14.4 Å². The van der Waals surface area contributed by atoms with E-state index in [0.717, 1.165) is 5.56 Å². The number of carbonyl (C=O) groups excluding carboxylic acids is 2. The van der Waals surface area contributed by atoms with E-state index >= 15 is 0 Å². The second kappa shape index (κ2) is 6.89. The van der Waals surface area contributed by atoms with Gasteiger partial charge in [0.05, 0.1) is 7.11 Å². The van der Waals surface area contributed by atoms with E-state index in [2.05, 4.69) is 15.6 Å². The molecule has 0 aromatic heterocycles. The van der Waals surface area contributed by atoms with Crippen molar-refractivity contribution < 1.29 is 14.4 Å². The summed E-state index contributed by atoms with van der Waals surface area (Å²) in [6.45, 7) is 5.66. The Morgan fingerprint density at radius 1 is 1.16 bits per heavy atom. The molecule has 5 heteroatoms. The summed E-state index contributed by atoms with van der Waals surface area (Å²) < 4.78 is 0. The molecule has 0 aliphatic rings. The Labute approximate surface area is 113 Å². The van der Waals surface area contributed by atoms with Gasteiger partial charge in [-0.25, -0.2) is 5.48 Å². The lowest BCUT2D eigenvalue weighted by atomic mass is 10.0. The van der Waals surface area contributed by atoms with Crippen LogP contribution >= 0.6 is 0 Å². The lowest BCUT2D eigenvalue weighted by Crippen LogP contribution is -2.49. The zero-order chi connectivity index (χ0) is 14.4. The molecule has 2 amide bonds. The number of aryl methyl sites for hydroxylation is 1. The lowest BCUT2D eigenvalue weighted by molar-refractivity contribution is -0.134. The van der Waals surface area contributed by atoms with Gasteiger partial charge in [-0.1, -0.05) is 31.5 Å². The predicted octanol–water partition coefficient (Wildman–Crippen LogP) is 1.43. The first-order valence-corrected chi connectivity index (χ1v) is 6.16. The molecule has 19 heavy (non-hydrogen) atoms. The molecule has 0 saturated carbocycles. The normalized spacial score (nSPS) is 12.1. The Morgan fingerprint density at radius 3 is 2.21 bits per heavy atom. The van der Waals surface area contributed by atoms with E-state index in [1.165, 1.54) is 7.11 Å². The Morgan fingerprint density at radius 2 is 1.74 bits per heavy atom. The zero-order valence-corrected chi connectivity index (χ0v) is 11.7. The number of carbonyl (C=O) groups is 2. The Hall–Kier alpha value is -1.88. The molecule has 0 fully saturated rings. The van der Waals surface area contributed by atoms with Gasteiger partial charge in [-0.2, -0.15) is 0 Å². The van der Waals surface area contributed by atoms with E-state index in [1.54, 1.807) is 12.1 Å². The molecule has 2 N–H and O–H groups in total. The quantitative estimate of drug-likeness (QED) is 0.790. The molecule has 1 aromatic carbocycles. The molecule has 1 unspecified atom stereocenters. The number of hydroxylamine groups is 1. The van der Waals surface area contributed by atoms with Crippen LogP contribution < -0.4 is 10.8 Å². The van der Waals surface area contributed by atoms with Crippen molar-refractivity contribution in [3.8, 4) is 0 Å². The molecule has 5 nitrogen and oxygen atoms in total. The van der Waals surface area contributed by atoms with Crippen molar-refractivity contribution in [3.63, 3.8) is 0 Å². The molecule has 0 aliphatic carbocycles. The van der Waals surface area contributed by atoms with Crippen LogP contribution in [-0.2, 0) is 9.63 Å². The number of hydrogen-bond donors (Lipinski definition) is 2. The first-order valence-electron chi connectivity index (χ1n) is 6.16. The van der Waals surface area contributed by atoms with Crippen LogP contribution in [0.4, 0.5) is 0 Å². The van der Waals surface area contributed by atoms with Crippen LogP contribution in [0.2, 0.25) is 0 Å². The Bertz CT molecular complexity index is 441. The van der Waals surface area contributed by atoms with E-state index < -0.39 is 6.04 Å². The third-order valence-electron chi connectivity index (χ3n) is 2.75. The molecule has 1 rings (SSSR count). The fourth-order valence-electron chi connectivity index (χ4n) is 1.63. The van der Waals surface area contributed by atoms with Crippen molar-refractivity contribution >= 4 is 11.8 Å². The fraction of sp³-hybridized carbons (Fsp3) is 0.429. The average molecular weight is 264 g/mol. The zero-order valence-electron chi connectivity index (χ0n) is 11.7. The van der Waals surface area contributed by atoms with E-state index in [0.29, 0.717) is 5.56 Å². The summed E-state index contributed by atoms with van der Waals surface area (Å²) in [6.07, 6.45) is 0. The number of hydrogen-bond acceptors (Lipinski definition) is 3. The van der Waals surface area contributed by atoms with Gasteiger partial charge in [0.15, 0.2) is 0 Å². The molecular weight excluding hydrogens is 244 g/mol. The first-order chi connectivity index (χ1) is 8.95. The number of amides is 2. The van der Waals surface area contributed by atoms with Gasteiger partial charge in [-0.15, -0.1) is 0 Å². The first kappa shape index (κ1) is 15.2. The molecule has 0 radical (unpaired) electrons. The van der Waals surface area contributed by atoms with Crippen molar-refractivity contribution in [3.05, 3.63) is 35.4 Å². The maximum absolute atomic E-state index is 12.0. The summed E-state index contributed by atoms with van der Waals surface area (Å²) in [7, 11) is 1.36. The minimum Gasteiger partial charge on any atom is -0.340 e. The molecule has 0 bridgehead atoms. The maximum Gasteiger partial charge on any atom is 0.266 e. The second-order valence-corrected chi connectivity index (χ2v) is 4.73. The van der Waals surface area contributed by atoms with Gasteiger partial charge < -0.3 is 5.32 Å². The van der Waals surface area contributed by atoms with E-state index in [-0.39, 0.29) is 17.7 Å². The van der Waals surface area contributed by atoms with E-state index in [9.17, 15) is 9.59 Å². The number of nitrogens with one attached hydrogen (secondary N) is 2. The topological polar surface area (TPSA) is 67.4 Å². The monoisotopic (exact) mass is 264 g/mol. The van der Waals surface area contributed by atoms with Crippen LogP contribution in [-0.4, -0.2) is 25.0 Å². The van der Waals surface area contributed by atoms with Crippen LogP contribution in [0.25, 0.3) is 0 Å².